The average molecular weight is 300 g/mol. The van der Waals surface area contributed by atoms with Crippen molar-refractivity contribution in [1.29, 1.82) is 0 Å². The van der Waals surface area contributed by atoms with Crippen molar-refractivity contribution < 1.29 is 5.11 Å². The SMILES string of the molecule is CC1CCCN1C1CCN(C2Cc3ccccc3C2O)CC1. The van der Waals surface area contributed by atoms with Crippen molar-refractivity contribution in [3.63, 3.8) is 0 Å². The maximum Gasteiger partial charge on any atom is 0.0951 e. The molecule has 3 heteroatoms. The average Bonchev–Trinajstić information content (AvgIpc) is 3.12. The number of rotatable bonds is 2. The predicted octanol–water partition coefficient (Wildman–Crippen LogP) is 2.59. The molecule has 2 fully saturated rings. The van der Waals surface area contributed by atoms with Gasteiger partial charge in [0.2, 0.25) is 0 Å². The van der Waals surface area contributed by atoms with Crippen LogP contribution in [0.3, 0.4) is 0 Å². The number of piperidine rings is 1. The number of hydrogen-bond acceptors (Lipinski definition) is 3. The van der Waals surface area contributed by atoms with Crippen molar-refractivity contribution in [1.82, 2.24) is 9.80 Å². The molecule has 2 heterocycles. The minimum Gasteiger partial charge on any atom is -0.387 e. The molecule has 0 spiro atoms. The lowest BCUT2D eigenvalue weighted by Crippen LogP contribution is -2.49. The minimum absolute atomic E-state index is 0.293. The molecule has 0 amide bonds. The molecule has 1 N–H and O–H groups in total. The van der Waals surface area contributed by atoms with Crippen molar-refractivity contribution in [2.75, 3.05) is 19.6 Å². The monoisotopic (exact) mass is 300 g/mol. The molecule has 0 radical (unpaired) electrons. The van der Waals surface area contributed by atoms with Gasteiger partial charge in [-0.15, -0.1) is 0 Å². The van der Waals surface area contributed by atoms with Crippen molar-refractivity contribution in [3.05, 3.63) is 35.4 Å². The standard InChI is InChI=1S/C19H28N2O/c1-14-5-4-10-21(14)16-8-11-20(12-9-16)18-13-15-6-2-3-7-17(15)19(18)22/h2-3,6-7,14,16,18-19,22H,4-5,8-13H2,1H3. The molecule has 3 aliphatic rings. The molecule has 4 rings (SSSR count). The van der Waals surface area contributed by atoms with Crippen LogP contribution in [-0.4, -0.2) is 52.7 Å². The highest BCUT2D eigenvalue weighted by molar-refractivity contribution is 5.36. The molecule has 1 aromatic carbocycles. The summed E-state index contributed by atoms with van der Waals surface area (Å²) in [7, 11) is 0. The maximum absolute atomic E-state index is 10.7. The van der Waals surface area contributed by atoms with Crippen LogP contribution in [0.1, 0.15) is 49.8 Å². The Kier molecular flexibility index (Phi) is 3.97. The number of nitrogens with zero attached hydrogens (tertiary/aromatic N) is 2. The summed E-state index contributed by atoms with van der Waals surface area (Å²) in [5.74, 6) is 0. The third kappa shape index (κ3) is 2.49. The quantitative estimate of drug-likeness (QED) is 0.909. The molecule has 0 aromatic heterocycles. The first-order valence-electron chi connectivity index (χ1n) is 8.99. The summed E-state index contributed by atoms with van der Waals surface area (Å²) >= 11 is 0. The maximum atomic E-state index is 10.7. The molecule has 3 nitrogen and oxygen atoms in total. The number of aliphatic hydroxyl groups excluding tert-OH is 1. The van der Waals surface area contributed by atoms with Gasteiger partial charge in [-0.2, -0.15) is 0 Å². The number of likely N-dealkylation sites (tertiary alicyclic amines) is 2. The molecule has 22 heavy (non-hydrogen) atoms. The van der Waals surface area contributed by atoms with E-state index in [4.69, 9.17) is 0 Å². The lowest BCUT2D eigenvalue weighted by molar-refractivity contribution is 0.0250. The molecule has 3 unspecified atom stereocenters. The Hall–Kier alpha value is -0.900. The molecular weight excluding hydrogens is 272 g/mol. The van der Waals surface area contributed by atoms with Crippen molar-refractivity contribution in [2.24, 2.45) is 0 Å². The second kappa shape index (κ2) is 5.95. The molecule has 0 saturated carbocycles. The van der Waals surface area contributed by atoms with E-state index in [0.717, 1.165) is 37.2 Å². The first kappa shape index (κ1) is 14.7. The minimum atomic E-state index is -0.293. The lowest BCUT2D eigenvalue weighted by Gasteiger charge is -2.41. The first-order valence-corrected chi connectivity index (χ1v) is 8.99. The van der Waals surface area contributed by atoms with E-state index in [1.165, 1.54) is 37.8 Å². The highest BCUT2D eigenvalue weighted by atomic mass is 16.3. The molecular formula is C19H28N2O. The van der Waals surface area contributed by atoms with Gasteiger partial charge in [0.25, 0.3) is 0 Å². The van der Waals surface area contributed by atoms with Crippen LogP contribution in [0.2, 0.25) is 0 Å². The third-order valence-corrected chi connectivity index (χ3v) is 6.21. The van der Waals surface area contributed by atoms with Gasteiger partial charge in [-0.25, -0.2) is 0 Å². The summed E-state index contributed by atoms with van der Waals surface area (Å²) in [6, 6.07) is 10.3. The van der Waals surface area contributed by atoms with Crippen molar-refractivity contribution in [3.8, 4) is 0 Å². The topological polar surface area (TPSA) is 26.7 Å². The zero-order valence-electron chi connectivity index (χ0n) is 13.6. The number of benzene rings is 1. The molecule has 2 aliphatic heterocycles. The van der Waals surface area contributed by atoms with Crippen LogP contribution in [0.25, 0.3) is 0 Å². The van der Waals surface area contributed by atoms with Gasteiger partial charge in [-0.1, -0.05) is 24.3 Å². The van der Waals surface area contributed by atoms with E-state index in [1.807, 2.05) is 6.07 Å². The van der Waals surface area contributed by atoms with Crippen molar-refractivity contribution in [2.45, 2.75) is 63.3 Å². The molecule has 1 aromatic rings. The molecule has 1 aliphatic carbocycles. The second-order valence-electron chi connectivity index (χ2n) is 7.41. The Bertz CT molecular complexity index is 524. The van der Waals surface area contributed by atoms with Gasteiger partial charge in [0, 0.05) is 31.2 Å². The summed E-state index contributed by atoms with van der Waals surface area (Å²) in [6.45, 7) is 5.97. The van der Waals surface area contributed by atoms with E-state index < -0.39 is 0 Å². The Labute approximate surface area is 133 Å². The van der Waals surface area contributed by atoms with Gasteiger partial charge in [-0.05, 0) is 56.7 Å². The van der Waals surface area contributed by atoms with Gasteiger partial charge in [0.05, 0.1) is 6.10 Å². The van der Waals surface area contributed by atoms with Gasteiger partial charge in [-0.3, -0.25) is 9.80 Å². The van der Waals surface area contributed by atoms with Gasteiger partial charge >= 0.3 is 0 Å². The van der Waals surface area contributed by atoms with Gasteiger partial charge in [0.1, 0.15) is 0 Å². The molecule has 3 atom stereocenters. The van der Waals surface area contributed by atoms with Crippen LogP contribution in [0, 0.1) is 0 Å². The van der Waals surface area contributed by atoms with Crippen molar-refractivity contribution >= 4 is 0 Å². The lowest BCUT2D eigenvalue weighted by atomic mass is 9.99. The Balaban J connectivity index is 1.38. The van der Waals surface area contributed by atoms with Gasteiger partial charge in [0.15, 0.2) is 0 Å². The van der Waals surface area contributed by atoms with E-state index in [2.05, 4.69) is 34.9 Å². The van der Waals surface area contributed by atoms with Gasteiger partial charge < -0.3 is 5.11 Å². The van der Waals surface area contributed by atoms with Crippen LogP contribution < -0.4 is 0 Å². The Morgan fingerprint density at radius 3 is 2.50 bits per heavy atom. The van der Waals surface area contributed by atoms with E-state index in [0.29, 0.717) is 6.04 Å². The highest BCUT2D eigenvalue weighted by Crippen LogP contribution is 2.36. The van der Waals surface area contributed by atoms with Crippen LogP contribution in [0.4, 0.5) is 0 Å². The summed E-state index contributed by atoms with van der Waals surface area (Å²) in [5, 5.41) is 10.7. The van der Waals surface area contributed by atoms with E-state index in [1.54, 1.807) is 0 Å². The first-order chi connectivity index (χ1) is 10.7. The third-order valence-electron chi connectivity index (χ3n) is 6.21. The summed E-state index contributed by atoms with van der Waals surface area (Å²) in [5.41, 5.74) is 2.50. The number of fused-ring (bicyclic) bond motifs is 1. The normalized spacial score (nSPS) is 34.2. The fraction of sp³-hybridized carbons (Fsp3) is 0.684. The zero-order chi connectivity index (χ0) is 15.1. The summed E-state index contributed by atoms with van der Waals surface area (Å²) < 4.78 is 0. The van der Waals surface area contributed by atoms with Crippen LogP contribution in [-0.2, 0) is 6.42 Å². The zero-order valence-corrected chi connectivity index (χ0v) is 13.6. The molecule has 0 bridgehead atoms. The summed E-state index contributed by atoms with van der Waals surface area (Å²) in [6.07, 6.45) is 6.00. The fourth-order valence-electron chi connectivity index (χ4n) is 4.93. The fourth-order valence-corrected chi connectivity index (χ4v) is 4.93. The largest absolute Gasteiger partial charge is 0.387 e. The van der Waals surface area contributed by atoms with Crippen LogP contribution in [0.15, 0.2) is 24.3 Å². The number of aliphatic hydroxyl groups is 1. The van der Waals surface area contributed by atoms with E-state index in [-0.39, 0.29) is 6.10 Å². The smallest absolute Gasteiger partial charge is 0.0951 e. The second-order valence-corrected chi connectivity index (χ2v) is 7.41. The van der Waals surface area contributed by atoms with E-state index >= 15 is 0 Å². The summed E-state index contributed by atoms with van der Waals surface area (Å²) in [4.78, 5) is 5.28. The van der Waals surface area contributed by atoms with Crippen LogP contribution >= 0.6 is 0 Å². The Morgan fingerprint density at radius 1 is 1.05 bits per heavy atom. The van der Waals surface area contributed by atoms with Crippen LogP contribution in [0.5, 0.6) is 0 Å². The molecule has 120 valence electrons. The number of hydrogen-bond donors (Lipinski definition) is 1. The Morgan fingerprint density at radius 2 is 1.82 bits per heavy atom. The predicted molar refractivity (Wildman–Crippen MR) is 88.9 cm³/mol. The highest BCUT2D eigenvalue weighted by Gasteiger charge is 2.38. The van der Waals surface area contributed by atoms with E-state index in [9.17, 15) is 5.11 Å². The molecule has 2 saturated heterocycles.